The number of nitrogens with zero attached hydrogens (tertiary/aromatic N) is 3. The van der Waals surface area contributed by atoms with Gasteiger partial charge < -0.3 is 25.2 Å². The van der Waals surface area contributed by atoms with Crippen LogP contribution in [0.2, 0.25) is 0 Å². The number of nitrogens with one attached hydrogen (secondary N) is 2. The average Bonchev–Trinajstić information content (AvgIpc) is 2.89. The molecule has 0 unspecified atom stereocenters. The third-order valence-corrected chi connectivity index (χ3v) is 5.16. The molecular formula is C21H38IN5O. The maximum absolute atomic E-state index is 5.40. The number of aryl methyl sites for hydroxylation is 1. The Labute approximate surface area is 188 Å². The van der Waals surface area contributed by atoms with Crippen molar-refractivity contribution >= 4 is 29.9 Å². The molecule has 0 amide bonds. The second kappa shape index (κ2) is 14.0. The molecule has 0 aromatic heterocycles. The van der Waals surface area contributed by atoms with Crippen molar-refractivity contribution in [1.82, 2.24) is 20.4 Å². The molecule has 28 heavy (non-hydrogen) atoms. The summed E-state index contributed by atoms with van der Waals surface area (Å²) in [5, 5.41) is 6.83. The van der Waals surface area contributed by atoms with Crippen LogP contribution >= 0.6 is 24.0 Å². The zero-order valence-corrected chi connectivity index (χ0v) is 20.3. The van der Waals surface area contributed by atoms with Crippen LogP contribution in [0, 0.1) is 6.92 Å². The van der Waals surface area contributed by atoms with E-state index < -0.39 is 0 Å². The van der Waals surface area contributed by atoms with E-state index in [-0.39, 0.29) is 24.0 Å². The second-order valence-electron chi connectivity index (χ2n) is 7.33. The Morgan fingerprint density at radius 1 is 1.14 bits per heavy atom. The fraction of sp³-hybridized carbons (Fsp3) is 0.667. The molecule has 0 bridgehead atoms. The highest BCUT2D eigenvalue weighted by Gasteiger charge is 2.11. The maximum atomic E-state index is 5.40. The van der Waals surface area contributed by atoms with Gasteiger partial charge in [-0.25, -0.2) is 0 Å². The van der Waals surface area contributed by atoms with Crippen LogP contribution in [-0.4, -0.2) is 82.8 Å². The smallest absolute Gasteiger partial charge is 0.190 e. The van der Waals surface area contributed by atoms with Gasteiger partial charge in [-0.2, -0.15) is 0 Å². The van der Waals surface area contributed by atoms with E-state index in [1.807, 2.05) is 7.05 Å². The summed E-state index contributed by atoms with van der Waals surface area (Å²) in [6.45, 7) is 9.83. The Bertz CT molecular complexity index is 596. The quantitative estimate of drug-likeness (QED) is 0.247. The third-order valence-electron chi connectivity index (χ3n) is 5.16. The van der Waals surface area contributed by atoms with E-state index >= 15 is 0 Å². The molecule has 1 saturated heterocycles. The van der Waals surface area contributed by atoms with E-state index in [0.29, 0.717) is 0 Å². The molecule has 1 heterocycles. The van der Waals surface area contributed by atoms with Gasteiger partial charge in [-0.05, 0) is 70.1 Å². The summed E-state index contributed by atoms with van der Waals surface area (Å²) in [6.07, 6.45) is 3.36. The molecule has 1 fully saturated rings. The van der Waals surface area contributed by atoms with Crippen LogP contribution in [0.3, 0.4) is 0 Å². The first kappa shape index (κ1) is 25.0. The van der Waals surface area contributed by atoms with Crippen molar-refractivity contribution in [2.75, 3.05) is 67.0 Å². The number of rotatable bonds is 8. The summed E-state index contributed by atoms with van der Waals surface area (Å²) in [5.74, 6) is 1.83. The average molecular weight is 503 g/mol. The molecule has 0 saturated carbocycles. The van der Waals surface area contributed by atoms with Crippen LogP contribution in [0.15, 0.2) is 23.2 Å². The highest BCUT2D eigenvalue weighted by molar-refractivity contribution is 14.0. The Hall–Kier alpha value is -1.06. The molecule has 160 valence electrons. The topological polar surface area (TPSA) is 52.1 Å². The fourth-order valence-electron chi connectivity index (χ4n) is 3.40. The number of hydrogen-bond donors (Lipinski definition) is 2. The van der Waals surface area contributed by atoms with Gasteiger partial charge >= 0.3 is 0 Å². The number of halogens is 1. The number of ether oxygens (including phenoxy) is 1. The number of likely N-dealkylation sites (N-methyl/N-ethyl adjacent to an activating group) is 1. The number of guanidine groups is 1. The van der Waals surface area contributed by atoms with Gasteiger partial charge in [-0.15, -0.1) is 24.0 Å². The SMILES string of the molecule is CN=C(NCCCN1CCCN(C)CC1)NCCc1ccc(C)c(OC)c1.I. The normalized spacial score (nSPS) is 16.2. The Morgan fingerprint density at radius 3 is 2.68 bits per heavy atom. The van der Waals surface area contributed by atoms with Gasteiger partial charge in [-0.1, -0.05) is 12.1 Å². The van der Waals surface area contributed by atoms with Gasteiger partial charge in [0.25, 0.3) is 0 Å². The number of hydrogen-bond acceptors (Lipinski definition) is 4. The minimum Gasteiger partial charge on any atom is -0.496 e. The summed E-state index contributed by atoms with van der Waals surface area (Å²) in [5.41, 5.74) is 2.44. The molecule has 1 aromatic rings. The van der Waals surface area contributed by atoms with Crippen LogP contribution in [0.4, 0.5) is 0 Å². The van der Waals surface area contributed by atoms with Gasteiger partial charge in [0.15, 0.2) is 5.96 Å². The standard InChI is InChI=1S/C21H37N5O.HI/c1-18-7-8-19(17-20(18)27-4)9-11-24-21(22-2)23-10-5-13-26-14-6-12-25(3)15-16-26;/h7-8,17H,5-6,9-16H2,1-4H3,(H2,22,23,24);1H. The van der Waals surface area contributed by atoms with Crippen molar-refractivity contribution in [3.05, 3.63) is 29.3 Å². The molecule has 0 aliphatic carbocycles. The Balaban J connectivity index is 0.00000392. The van der Waals surface area contributed by atoms with Crippen LogP contribution < -0.4 is 15.4 Å². The molecule has 6 nitrogen and oxygen atoms in total. The van der Waals surface area contributed by atoms with Crippen molar-refractivity contribution in [2.24, 2.45) is 4.99 Å². The summed E-state index contributed by atoms with van der Waals surface area (Å²) in [4.78, 5) is 9.33. The molecule has 2 rings (SSSR count). The summed E-state index contributed by atoms with van der Waals surface area (Å²) in [7, 11) is 5.77. The fourth-order valence-corrected chi connectivity index (χ4v) is 3.40. The van der Waals surface area contributed by atoms with Crippen LogP contribution in [0.5, 0.6) is 5.75 Å². The van der Waals surface area contributed by atoms with Crippen molar-refractivity contribution in [2.45, 2.75) is 26.2 Å². The van der Waals surface area contributed by atoms with Crippen molar-refractivity contribution in [3.63, 3.8) is 0 Å². The number of methoxy groups -OCH3 is 1. The zero-order valence-electron chi connectivity index (χ0n) is 18.0. The minimum atomic E-state index is 0. The van der Waals surface area contributed by atoms with Gasteiger partial charge in [-0.3, -0.25) is 4.99 Å². The van der Waals surface area contributed by atoms with Gasteiger partial charge in [0.1, 0.15) is 5.75 Å². The molecule has 1 aromatic carbocycles. The summed E-state index contributed by atoms with van der Waals surface area (Å²) < 4.78 is 5.40. The Morgan fingerprint density at radius 2 is 1.93 bits per heavy atom. The van der Waals surface area contributed by atoms with Crippen molar-refractivity contribution in [1.29, 1.82) is 0 Å². The van der Waals surface area contributed by atoms with E-state index in [0.717, 1.165) is 44.2 Å². The Kier molecular flexibility index (Phi) is 12.5. The van der Waals surface area contributed by atoms with E-state index in [4.69, 9.17) is 4.74 Å². The lowest BCUT2D eigenvalue weighted by atomic mass is 10.1. The molecule has 7 heteroatoms. The monoisotopic (exact) mass is 503 g/mol. The van der Waals surface area contributed by atoms with E-state index in [9.17, 15) is 0 Å². The maximum Gasteiger partial charge on any atom is 0.190 e. The minimum absolute atomic E-state index is 0. The number of aliphatic imine (C=N–C) groups is 1. The summed E-state index contributed by atoms with van der Waals surface area (Å²) >= 11 is 0. The molecular weight excluding hydrogens is 465 g/mol. The molecule has 1 aliphatic rings. The lowest BCUT2D eigenvalue weighted by molar-refractivity contribution is 0.274. The third kappa shape index (κ3) is 8.96. The van der Waals surface area contributed by atoms with Gasteiger partial charge in [0.2, 0.25) is 0 Å². The van der Waals surface area contributed by atoms with Crippen molar-refractivity contribution < 1.29 is 4.74 Å². The summed E-state index contributed by atoms with van der Waals surface area (Å²) in [6, 6.07) is 6.39. The predicted molar refractivity (Wildman–Crippen MR) is 129 cm³/mol. The predicted octanol–water partition coefficient (Wildman–Crippen LogP) is 2.36. The zero-order chi connectivity index (χ0) is 19.5. The molecule has 2 N–H and O–H groups in total. The molecule has 1 aliphatic heterocycles. The van der Waals surface area contributed by atoms with E-state index in [1.165, 1.54) is 43.7 Å². The van der Waals surface area contributed by atoms with Gasteiger partial charge in [0, 0.05) is 33.2 Å². The first-order chi connectivity index (χ1) is 13.1. The van der Waals surface area contributed by atoms with E-state index in [2.05, 4.69) is 57.6 Å². The van der Waals surface area contributed by atoms with Crippen LogP contribution in [0.25, 0.3) is 0 Å². The van der Waals surface area contributed by atoms with Gasteiger partial charge in [0.05, 0.1) is 7.11 Å². The van der Waals surface area contributed by atoms with Crippen LogP contribution in [-0.2, 0) is 6.42 Å². The van der Waals surface area contributed by atoms with E-state index in [1.54, 1.807) is 7.11 Å². The molecule has 0 spiro atoms. The molecule has 0 atom stereocenters. The number of benzene rings is 1. The lowest BCUT2D eigenvalue weighted by Crippen LogP contribution is -2.40. The highest BCUT2D eigenvalue weighted by Crippen LogP contribution is 2.18. The largest absolute Gasteiger partial charge is 0.496 e. The highest BCUT2D eigenvalue weighted by atomic mass is 127. The molecule has 0 radical (unpaired) electrons. The van der Waals surface area contributed by atoms with Crippen molar-refractivity contribution in [3.8, 4) is 5.75 Å². The van der Waals surface area contributed by atoms with Crippen LogP contribution in [0.1, 0.15) is 24.0 Å². The second-order valence-corrected chi connectivity index (χ2v) is 7.33. The first-order valence-electron chi connectivity index (χ1n) is 10.1. The first-order valence-corrected chi connectivity index (χ1v) is 10.1. The lowest BCUT2D eigenvalue weighted by Gasteiger charge is -2.20.